The summed E-state index contributed by atoms with van der Waals surface area (Å²) < 4.78 is 5.41. The Hall–Kier alpha value is -1.07. The van der Waals surface area contributed by atoms with Crippen LogP contribution < -0.4 is 11.1 Å². The molecular weight excluding hydrogens is 314 g/mol. The van der Waals surface area contributed by atoms with Crippen molar-refractivity contribution in [3.63, 3.8) is 0 Å². The summed E-state index contributed by atoms with van der Waals surface area (Å²) in [6.45, 7) is 4.39. The van der Waals surface area contributed by atoms with Gasteiger partial charge in [0.2, 0.25) is 5.91 Å². The Morgan fingerprint density at radius 3 is 2.52 bits per heavy atom. The van der Waals surface area contributed by atoms with Crippen LogP contribution in [0.4, 0.5) is 0 Å². The number of hydrogen-bond acceptors (Lipinski definition) is 4. The average Bonchev–Trinajstić information content (AvgIpc) is 2.76. The van der Waals surface area contributed by atoms with E-state index in [0.717, 1.165) is 30.7 Å². The molecule has 0 aromatic carbocycles. The normalized spacial score (nSPS) is 29.7. The number of carbonyl (C=O) groups is 1. The highest BCUT2D eigenvalue weighted by molar-refractivity contribution is 5.85. The largest absolute Gasteiger partial charge is 0.446 e. The van der Waals surface area contributed by atoms with E-state index in [1.54, 1.807) is 0 Å². The van der Waals surface area contributed by atoms with E-state index in [1.807, 2.05) is 13.8 Å². The third-order valence-corrected chi connectivity index (χ3v) is 5.44. The van der Waals surface area contributed by atoms with Crippen LogP contribution in [0.3, 0.4) is 0 Å². The molecule has 130 valence electrons. The van der Waals surface area contributed by atoms with Crippen molar-refractivity contribution in [2.45, 2.75) is 58.4 Å². The maximum absolute atomic E-state index is 12.4. The van der Waals surface area contributed by atoms with Gasteiger partial charge in [-0.15, -0.1) is 12.4 Å². The molecule has 6 heteroatoms. The Morgan fingerprint density at radius 2 is 1.96 bits per heavy atom. The molecule has 1 aromatic rings. The van der Waals surface area contributed by atoms with E-state index in [9.17, 15) is 4.79 Å². The number of amides is 1. The number of nitrogens with one attached hydrogen (secondary N) is 1. The van der Waals surface area contributed by atoms with Crippen molar-refractivity contribution >= 4 is 18.3 Å². The van der Waals surface area contributed by atoms with Gasteiger partial charge < -0.3 is 15.5 Å². The van der Waals surface area contributed by atoms with Crippen LogP contribution in [0.2, 0.25) is 0 Å². The van der Waals surface area contributed by atoms with Crippen LogP contribution in [-0.4, -0.2) is 23.5 Å². The molecule has 2 atom stereocenters. The SMILES string of the molecule is Cc1nc(CCNC(=O)C2CC3CCCC(C2)C3N)c(C)o1.Cl. The smallest absolute Gasteiger partial charge is 0.223 e. The molecule has 23 heavy (non-hydrogen) atoms. The third-order valence-electron chi connectivity index (χ3n) is 5.44. The topological polar surface area (TPSA) is 81.2 Å². The van der Waals surface area contributed by atoms with Gasteiger partial charge in [0.25, 0.3) is 0 Å². The van der Waals surface area contributed by atoms with E-state index in [-0.39, 0.29) is 24.2 Å². The summed E-state index contributed by atoms with van der Waals surface area (Å²) in [7, 11) is 0. The Kier molecular flexibility index (Phi) is 6.09. The molecule has 3 N–H and O–H groups in total. The molecule has 2 saturated carbocycles. The van der Waals surface area contributed by atoms with Gasteiger partial charge in [0.15, 0.2) is 5.89 Å². The zero-order chi connectivity index (χ0) is 15.7. The molecule has 2 fully saturated rings. The molecule has 1 amide bonds. The summed E-state index contributed by atoms with van der Waals surface area (Å²) in [6, 6.07) is 0.318. The molecular formula is C17H28ClN3O2. The summed E-state index contributed by atoms with van der Waals surface area (Å²) in [4.78, 5) is 16.8. The summed E-state index contributed by atoms with van der Waals surface area (Å²) in [5.74, 6) is 2.97. The van der Waals surface area contributed by atoms with Crippen LogP contribution in [0.5, 0.6) is 0 Å². The second-order valence-corrected chi connectivity index (χ2v) is 6.97. The summed E-state index contributed by atoms with van der Waals surface area (Å²) in [5.41, 5.74) is 7.24. The fourth-order valence-electron chi connectivity index (χ4n) is 4.26. The van der Waals surface area contributed by atoms with Gasteiger partial charge in [-0.3, -0.25) is 4.79 Å². The standard InChI is InChI=1S/C17H27N3O2.ClH/c1-10-15(20-11(2)22-10)6-7-19-17(21)14-8-12-4-3-5-13(9-14)16(12)18;/h12-14,16H,3-9,18H2,1-2H3,(H,19,21);1H. The van der Waals surface area contributed by atoms with E-state index < -0.39 is 0 Å². The molecule has 5 nitrogen and oxygen atoms in total. The predicted molar refractivity (Wildman–Crippen MR) is 91.5 cm³/mol. The molecule has 3 rings (SSSR count). The van der Waals surface area contributed by atoms with Crippen LogP contribution in [0.25, 0.3) is 0 Å². The highest BCUT2D eigenvalue weighted by Crippen LogP contribution is 2.41. The first-order valence-corrected chi connectivity index (χ1v) is 8.50. The van der Waals surface area contributed by atoms with Crippen molar-refractivity contribution in [3.8, 4) is 0 Å². The molecule has 0 radical (unpaired) electrons. The van der Waals surface area contributed by atoms with Crippen LogP contribution >= 0.6 is 12.4 Å². The van der Waals surface area contributed by atoms with Gasteiger partial charge in [0.1, 0.15) is 5.76 Å². The number of carbonyl (C=O) groups excluding carboxylic acids is 1. The first kappa shape index (κ1) is 18.3. The van der Waals surface area contributed by atoms with E-state index >= 15 is 0 Å². The number of aryl methyl sites for hydroxylation is 2. The fraction of sp³-hybridized carbons (Fsp3) is 0.765. The van der Waals surface area contributed by atoms with Crippen LogP contribution in [0.1, 0.15) is 49.4 Å². The van der Waals surface area contributed by atoms with Crippen molar-refractivity contribution in [1.82, 2.24) is 10.3 Å². The lowest BCUT2D eigenvalue weighted by atomic mass is 9.65. The van der Waals surface area contributed by atoms with E-state index in [0.29, 0.717) is 30.3 Å². The number of oxazole rings is 1. The number of rotatable bonds is 4. The van der Waals surface area contributed by atoms with Crippen LogP contribution in [0, 0.1) is 31.6 Å². The van der Waals surface area contributed by atoms with Gasteiger partial charge in [-0.25, -0.2) is 4.98 Å². The number of nitrogens with zero attached hydrogens (tertiary/aromatic N) is 1. The number of hydrogen-bond donors (Lipinski definition) is 2. The Labute approximate surface area is 144 Å². The summed E-state index contributed by atoms with van der Waals surface area (Å²) in [6.07, 6.45) is 6.32. The number of aromatic nitrogens is 1. The lowest BCUT2D eigenvalue weighted by molar-refractivity contribution is -0.127. The number of nitrogens with two attached hydrogens (primary N) is 1. The van der Waals surface area contributed by atoms with E-state index in [4.69, 9.17) is 10.2 Å². The monoisotopic (exact) mass is 341 g/mol. The van der Waals surface area contributed by atoms with Gasteiger partial charge >= 0.3 is 0 Å². The number of halogens is 1. The molecule has 2 unspecified atom stereocenters. The lowest BCUT2D eigenvalue weighted by Crippen LogP contribution is -2.49. The molecule has 2 aliphatic carbocycles. The highest BCUT2D eigenvalue weighted by atomic mass is 35.5. The molecule has 1 heterocycles. The lowest BCUT2D eigenvalue weighted by Gasteiger charge is -2.43. The Bertz CT molecular complexity index is 532. The van der Waals surface area contributed by atoms with E-state index in [2.05, 4.69) is 10.3 Å². The van der Waals surface area contributed by atoms with Gasteiger partial charge in [-0.2, -0.15) is 0 Å². The van der Waals surface area contributed by atoms with Gasteiger partial charge in [0.05, 0.1) is 5.69 Å². The van der Waals surface area contributed by atoms with Gasteiger partial charge in [0, 0.05) is 31.8 Å². The van der Waals surface area contributed by atoms with Crippen molar-refractivity contribution in [3.05, 3.63) is 17.3 Å². The predicted octanol–water partition coefficient (Wildman–Crippen LogP) is 2.53. The zero-order valence-corrected chi connectivity index (χ0v) is 14.8. The summed E-state index contributed by atoms with van der Waals surface area (Å²) >= 11 is 0. The maximum atomic E-state index is 12.4. The Morgan fingerprint density at radius 1 is 1.30 bits per heavy atom. The third kappa shape index (κ3) is 4.07. The van der Waals surface area contributed by atoms with Gasteiger partial charge in [-0.05, 0) is 44.4 Å². The molecule has 1 aromatic heterocycles. The van der Waals surface area contributed by atoms with E-state index in [1.165, 1.54) is 19.3 Å². The highest BCUT2D eigenvalue weighted by Gasteiger charge is 2.40. The van der Waals surface area contributed by atoms with Crippen LogP contribution in [0.15, 0.2) is 4.42 Å². The minimum absolute atomic E-state index is 0. The molecule has 0 aliphatic heterocycles. The summed E-state index contributed by atoms with van der Waals surface area (Å²) in [5, 5.41) is 3.08. The molecule has 0 spiro atoms. The fourth-order valence-corrected chi connectivity index (χ4v) is 4.26. The molecule has 2 bridgehead atoms. The van der Waals surface area contributed by atoms with Gasteiger partial charge in [-0.1, -0.05) is 6.42 Å². The average molecular weight is 342 g/mol. The zero-order valence-electron chi connectivity index (χ0n) is 14.0. The van der Waals surface area contributed by atoms with Crippen LogP contribution in [-0.2, 0) is 11.2 Å². The Balaban J connectivity index is 0.00000192. The van der Waals surface area contributed by atoms with Crippen molar-refractivity contribution in [2.24, 2.45) is 23.5 Å². The minimum atomic E-state index is 0. The quantitative estimate of drug-likeness (QED) is 0.881. The first-order chi connectivity index (χ1) is 10.5. The molecule has 2 aliphatic rings. The first-order valence-electron chi connectivity index (χ1n) is 8.50. The second-order valence-electron chi connectivity index (χ2n) is 6.97. The van der Waals surface area contributed by atoms with Crippen molar-refractivity contribution in [1.29, 1.82) is 0 Å². The minimum Gasteiger partial charge on any atom is -0.446 e. The second kappa shape index (κ2) is 7.67. The van der Waals surface area contributed by atoms with Crippen molar-refractivity contribution in [2.75, 3.05) is 6.54 Å². The maximum Gasteiger partial charge on any atom is 0.223 e. The van der Waals surface area contributed by atoms with Crippen molar-refractivity contribution < 1.29 is 9.21 Å². The number of fused-ring (bicyclic) bond motifs is 2. The molecule has 0 saturated heterocycles.